The third kappa shape index (κ3) is 5.91. The maximum Gasteiger partial charge on any atom is 0.332 e. The number of aromatic nitrogens is 1. The van der Waals surface area contributed by atoms with Gasteiger partial charge in [0, 0.05) is 6.42 Å². The second-order valence-electron chi connectivity index (χ2n) is 5.75. The Morgan fingerprint density at radius 1 is 1.48 bits per heavy atom. The summed E-state index contributed by atoms with van der Waals surface area (Å²) in [6, 6.07) is 3.54. The average molecular weight is 357 g/mol. The second-order valence-corrected chi connectivity index (χ2v) is 6.60. The molecule has 0 radical (unpaired) electrons. The van der Waals surface area contributed by atoms with E-state index in [0.29, 0.717) is 36.6 Å². The van der Waals surface area contributed by atoms with Crippen molar-refractivity contribution < 1.29 is 14.4 Å². The molecule has 6 heteroatoms. The number of pyridine rings is 1. The number of carbonyl (C=O) groups excluding carboxylic acids is 1. The molecule has 1 aliphatic rings. The van der Waals surface area contributed by atoms with E-state index < -0.39 is 0 Å². The number of anilines is 1. The molecular formula is C15H21BrN2O3. The molecule has 1 aromatic heterocycles. The van der Waals surface area contributed by atoms with E-state index in [1.54, 1.807) is 6.07 Å². The minimum Gasteiger partial charge on any atom is -0.477 e. The molecule has 0 aromatic carbocycles. The van der Waals surface area contributed by atoms with Crippen LogP contribution in [-0.2, 0) is 9.63 Å². The van der Waals surface area contributed by atoms with Crippen LogP contribution in [0.3, 0.4) is 0 Å². The molecule has 0 bridgehead atoms. The van der Waals surface area contributed by atoms with E-state index in [4.69, 9.17) is 9.57 Å². The Balaban J connectivity index is 1.81. The van der Waals surface area contributed by atoms with E-state index in [9.17, 15) is 4.79 Å². The van der Waals surface area contributed by atoms with Gasteiger partial charge in [-0.2, -0.15) is 4.98 Å². The van der Waals surface area contributed by atoms with Crippen molar-refractivity contribution in [1.29, 1.82) is 0 Å². The third-order valence-electron chi connectivity index (χ3n) is 3.16. The zero-order chi connectivity index (χ0) is 15.2. The van der Waals surface area contributed by atoms with Gasteiger partial charge in [0.2, 0.25) is 5.88 Å². The fourth-order valence-corrected chi connectivity index (χ4v) is 1.96. The first-order chi connectivity index (χ1) is 10.0. The summed E-state index contributed by atoms with van der Waals surface area (Å²) in [7, 11) is 0. The van der Waals surface area contributed by atoms with Gasteiger partial charge in [0.05, 0.1) is 11.1 Å². The van der Waals surface area contributed by atoms with E-state index >= 15 is 0 Å². The topological polar surface area (TPSA) is 60.5 Å². The first kappa shape index (κ1) is 16.1. The van der Waals surface area contributed by atoms with Crippen LogP contribution in [0.4, 0.5) is 5.82 Å². The Morgan fingerprint density at radius 2 is 2.24 bits per heavy atom. The van der Waals surface area contributed by atoms with Crippen molar-refractivity contribution in [2.75, 3.05) is 12.1 Å². The minimum atomic E-state index is -0.283. The van der Waals surface area contributed by atoms with Gasteiger partial charge in [-0.25, -0.2) is 10.3 Å². The molecule has 1 saturated carbocycles. The van der Waals surface area contributed by atoms with Crippen LogP contribution in [0.1, 0.15) is 39.5 Å². The summed E-state index contributed by atoms with van der Waals surface area (Å²) in [4.78, 5) is 20.8. The number of hydrogen-bond donors (Lipinski definition) is 1. The van der Waals surface area contributed by atoms with E-state index in [1.807, 2.05) is 6.07 Å². The maximum absolute atomic E-state index is 11.5. The first-order valence-corrected chi connectivity index (χ1v) is 8.09. The summed E-state index contributed by atoms with van der Waals surface area (Å²) in [6.07, 6.45) is 3.66. The van der Waals surface area contributed by atoms with E-state index in [1.165, 1.54) is 12.8 Å². The molecule has 0 saturated heterocycles. The van der Waals surface area contributed by atoms with Gasteiger partial charge >= 0.3 is 5.97 Å². The highest BCUT2D eigenvalue weighted by atomic mass is 79.9. The van der Waals surface area contributed by atoms with Crippen LogP contribution < -0.4 is 10.2 Å². The maximum atomic E-state index is 11.5. The van der Waals surface area contributed by atoms with Crippen molar-refractivity contribution in [3.8, 4) is 5.88 Å². The lowest BCUT2D eigenvalue weighted by molar-refractivity contribution is -0.141. The summed E-state index contributed by atoms with van der Waals surface area (Å²) in [5.74, 6) is 1.83. The predicted octanol–water partition coefficient (Wildman–Crippen LogP) is 3.94. The molecular weight excluding hydrogens is 336 g/mol. The summed E-state index contributed by atoms with van der Waals surface area (Å²) in [6.45, 7) is 4.82. The lowest BCUT2D eigenvalue weighted by atomic mass is 10.1. The van der Waals surface area contributed by atoms with Crippen molar-refractivity contribution in [3.05, 3.63) is 16.6 Å². The Hall–Kier alpha value is -1.30. The van der Waals surface area contributed by atoms with E-state index in [0.717, 1.165) is 10.9 Å². The fraction of sp³-hybridized carbons (Fsp3) is 0.600. The molecule has 1 aliphatic carbocycles. The van der Waals surface area contributed by atoms with Gasteiger partial charge in [-0.1, -0.05) is 13.8 Å². The van der Waals surface area contributed by atoms with Crippen LogP contribution in [0.2, 0.25) is 0 Å². The smallest absolute Gasteiger partial charge is 0.332 e. The van der Waals surface area contributed by atoms with Crippen molar-refractivity contribution in [2.24, 2.45) is 11.8 Å². The van der Waals surface area contributed by atoms with E-state index in [2.05, 4.69) is 40.2 Å². The number of hydrogen-bond acceptors (Lipinski definition) is 5. The molecule has 0 spiro atoms. The van der Waals surface area contributed by atoms with Crippen LogP contribution in [0.15, 0.2) is 16.6 Å². The van der Waals surface area contributed by atoms with Gasteiger partial charge in [-0.05, 0) is 59.2 Å². The van der Waals surface area contributed by atoms with Gasteiger partial charge < -0.3 is 9.57 Å². The molecule has 0 unspecified atom stereocenters. The molecule has 5 nitrogen and oxygen atoms in total. The molecule has 2 rings (SSSR count). The fourth-order valence-electron chi connectivity index (χ4n) is 1.63. The molecule has 0 amide bonds. The molecule has 0 aliphatic heterocycles. The van der Waals surface area contributed by atoms with Gasteiger partial charge in [-0.3, -0.25) is 0 Å². The third-order valence-corrected chi connectivity index (χ3v) is 3.77. The number of ether oxygens (including phenoxy) is 1. The summed E-state index contributed by atoms with van der Waals surface area (Å²) in [5, 5.41) is 0. The molecule has 1 fully saturated rings. The number of carbonyl (C=O) groups is 1. The number of nitrogens with one attached hydrogen (secondary N) is 1. The van der Waals surface area contributed by atoms with Crippen molar-refractivity contribution in [3.63, 3.8) is 0 Å². The summed E-state index contributed by atoms with van der Waals surface area (Å²) >= 11 is 3.40. The van der Waals surface area contributed by atoms with Crippen LogP contribution in [-0.4, -0.2) is 17.6 Å². The number of rotatable bonds is 8. The second kappa shape index (κ2) is 7.64. The van der Waals surface area contributed by atoms with Gasteiger partial charge in [0.1, 0.15) is 0 Å². The first-order valence-electron chi connectivity index (χ1n) is 7.29. The zero-order valence-corrected chi connectivity index (χ0v) is 14.0. The Bertz CT molecular complexity index is 490. The monoisotopic (exact) mass is 356 g/mol. The molecule has 0 atom stereocenters. The van der Waals surface area contributed by atoms with Gasteiger partial charge in [0.15, 0.2) is 5.82 Å². The van der Waals surface area contributed by atoms with Gasteiger partial charge in [0.25, 0.3) is 0 Å². The SMILES string of the molecule is CC(C)CCC(=O)ONc1ccc(Br)c(OCC2CC2)n1. The van der Waals surface area contributed by atoms with E-state index in [-0.39, 0.29) is 5.97 Å². The molecule has 21 heavy (non-hydrogen) atoms. The van der Waals surface area contributed by atoms with Gasteiger partial charge in [-0.15, -0.1) is 0 Å². The van der Waals surface area contributed by atoms with Crippen molar-refractivity contribution >= 4 is 27.7 Å². The van der Waals surface area contributed by atoms with Crippen molar-refractivity contribution in [1.82, 2.24) is 4.98 Å². The average Bonchev–Trinajstić information content (AvgIpc) is 3.27. The Labute approximate surface area is 133 Å². The normalized spacial score (nSPS) is 14.1. The highest BCUT2D eigenvalue weighted by Gasteiger charge is 2.22. The number of nitrogens with zero attached hydrogens (tertiary/aromatic N) is 1. The Kier molecular flexibility index (Phi) is 5.85. The lowest BCUT2D eigenvalue weighted by Crippen LogP contribution is -2.12. The summed E-state index contributed by atoms with van der Waals surface area (Å²) in [5.41, 5.74) is 2.58. The number of halogens is 1. The molecule has 1 N–H and O–H groups in total. The van der Waals surface area contributed by atoms with Crippen LogP contribution in [0.25, 0.3) is 0 Å². The van der Waals surface area contributed by atoms with Crippen LogP contribution in [0.5, 0.6) is 5.88 Å². The molecule has 1 heterocycles. The standard InChI is InChI=1S/C15H21BrN2O3/c1-10(2)3-8-14(19)21-18-13-7-6-12(16)15(17-13)20-9-11-4-5-11/h6-7,10-11H,3-5,8-9H2,1-2H3,(H,17,18). The van der Waals surface area contributed by atoms with Crippen LogP contribution >= 0.6 is 15.9 Å². The van der Waals surface area contributed by atoms with Crippen LogP contribution in [0, 0.1) is 11.8 Å². The predicted molar refractivity (Wildman–Crippen MR) is 83.9 cm³/mol. The largest absolute Gasteiger partial charge is 0.477 e. The quantitative estimate of drug-likeness (QED) is 0.714. The minimum absolute atomic E-state index is 0.283. The highest BCUT2D eigenvalue weighted by molar-refractivity contribution is 9.10. The molecule has 1 aromatic rings. The van der Waals surface area contributed by atoms with Crippen molar-refractivity contribution in [2.45, 2.75) is 39.5 Å². The lowest BCUT2D eigenvalue weighted by Gasteiger charge is -2.10. The Morgan fingerprint density at radius 3 is 2.90 bits per heavy atom. The highest BCUT2D eigenvalue weighted by Crippen LogP contribution is 2.31. The molecule has 116 valence electrons. The zero-order valence-electron chi connectivity index (χ0n) is 12.4. The summed E-state index contributed by atoms with van der Waals surface area (Å²) < 4.78 is 6.44.